The number of carbonyl (C=O) groups excluding carboxylic acids is 1. The van der Waals surface area contributed by atoms with Gasteiger partial charge < -0.3 is 10.1 Å². The molecule has 1 aromatic carbocycles. The Bertz CT molecular complexity index is 615. The van der Waals surface area contributed by atoms with Gasteiger partial charge in [0.05, 0.1) is 18.0 Å². The van der Waals surface area contributed by atoms with Crippen LogP contribution < -0.4 is 5.32 Å². The van der Waals surface area contributed by atoms with E-state index in [9.17, 15) is 9.18 Å². The number of thiophene rings is 1. The van der Waals surface area contributed by atoms with Crippen molar-refractivity contribution >= 4 is 38.9 Å². The monoisotopic (exact) mass is 357 g/mol. The summed E-state index contributed by atoms with van der Waals surface area (Å²) >= 11 is 4.65. The molecule has 0 unspecified atom stereocenters. The lowest BCUT2D eigenvalue weighted by Gasteiger charge is -2.05. The van der Waals surface area contributed by atoms with Crippen LogP contribution in [0.3, 0.4) is 0 Å². The summed E-state index contributed by atoms with van der Waals surface area (Å²) in [7, 11) is 1.38. The molecule has 0 aliphatic heterocycles. The second kappa shape index (κ2) is 6.85. The maximum absolute atomic E-state index is 13.4. The Morgan fingerprint density at radius 2 is 2.10 bits per heavy atom. The van der Waals surface area contributed by atoms with Crippen LogP contribution in [0.25, 0.3) is 0 Å². The lowest BCUT2D eigenvalue weighted by molar-refractivity contribution is -0.139. The third kappa shape index (κ3) is 4.05. The fourth-order valence-electron chi connectivity index (χ4n) is 1.62. The zero-order chi connectivity index (χ0) is 14.5. The topological polar surface area (TPSA) is 38.3 Å². The molecule has 3 nitrogen and oxygen atoms in total. The van der Waals surface area contributed by atoms with Crippen molar-refractivity contribution in [2.75, 3.05) is 12.4 Å². The quantitative estimate of drug-likeness (QED) is 0.822. The lowest BCUT2D eigenvalue weighted by atomic mass is 10.3. The minimum atomic E-state index is -0.299. The van der Waals surface area contributed by atoms with Gasteiger partial charge in [0.15, 0.2) is 0 Å². The summed E-state index contributed by atoms with van der Waals surface area (Å²) in [5, 5.41) is 3.14. The van der Waals surface area contributed by atoms with Crippen LogP contribution in [0.1, 0.15) is 9.75 Å². The predicted octanol–water partition coefficient (Wildman–Crippen LogP) is 3.98. The van der Waals surface area contributed by atoms with Crippen molar-refractivity contribution in [1.82, 2.24) is 0 Å². The van der Waals surface area contributed by atoms with Gasteiger partial charge in [-0.1, -0.05) is 0 Å². The van der Waals surface area contributed by atoms with E-state index in [4.69, 9.17) is 0 Å². The highest BCUT2D eigenvalue weighted by atomic mass is 79.9. The molecule has 0 radical (unpaired) electrons. The molecule has 0 atom stereocenters. The average molecular weight is 358 g/mol. The van der Waals surface area contributed by atoms with Crippen LogP contribution >= 0.6 is 27.3 Å². The van der Waals surface area contributed by atoms with Crippen molar-refractivity contribution < 1.29 is 13.9 Å². The van der Waals surface area contributed by atoms with Crippen molar-refractivity contribution in [2.24, 2.45) is 0 Å². The molecule has 1 aromatic heterocycles. The Labute approximate surface area is 128 Å². The zero-order valence-corrected chi connectivity index (χ0v) is 13.2. The number of halogens is 2. The van der Waals surface area contributed by atoms with Crippen molar-refractivity contribution in [3.8, 4) is 0 Å². The Morgan fingerprint density at radius 3 is 2.80 bits per heavy atom. The van der Waals surface area contributed by atoms with Crippen LogP contribution in [-0.2, 0) is 22.5 Å². The Morgan fingerprint density at radius 1 is 1.35 bits per heavy atom. The molecule has 1 heterocycles. The van der Waals surface area contributed by atoms with Gasteiger partial charge >= 0.3 is 5.97 Å². The molecule has 2 rings (SSSR count). The van der Waals surface area contributed by atoms with Crippen LogP contribution in [0.5, 0.6) is 0 Å². The van der Waals surface area contributed by atoms with Crippen molar-refractivity contribution in [2.45, 2.75) is 13.0 Å². The number of rotatable bonds is 5. The number of carbonyl (C=O) groups is 1. The smallest absolute Gasteiger partial charge is 0.310 e. The fraction of sp³-hybridized carbons (Fsp3) is 0.214. The molecule has 6 heteroatoms. The van der Waals surface area contributed by atoms with Crippen LogP contribution in [0, 0.1) is 5.82 Å². The van der Waals surface area contributed by atoms with Gasteiger partial charge in [-0.2, -0.15) is 0 Å². The molecule has 106 valence electrons. The zero-order valence-electron chi connectivity index (χ0n) is 10.8. The second-order valence-corrected chi connectivity index (χ2v) is 6.21. The normalized spacial score (nSPS) is 10.3. The van der Waals surface area contributed by atoms with Crippen LogP contribution in [0.15, 0.2) is 34.8 Å². The van der Waals surface area contributed by atoms with Gasteiger partial charge in [0, 0.05) is 22.0 Å². The van der Waals surface area contributed by atoms with Gasteiger partial charge in [-0.25, -0.2) is 4.39 Å². The summed E-state index contributed by atoms with van der Waals surface area (Å²) in [4.78, 5) is 13.2. The summed E-state index contributed by atoms with van der Waals surface area (Å²) in [6.07, 6.45) is 0.286. The van der Waals surface area contributed by atoms with E-state index in [-0.39, 0.29) is 18.2 Å². The molecular formula is C14H13BrFNO2S. The van der Waals surface area contributed by atoms with Crippen LogP contribution in [-0.4, -0.2) is 13.1 Å². The minimum Gasteiger partial charge on any atom is -0.469 e. The molecule has 0 aliphatic carbocycles. The molecule has 0 amide bonds. The molecule has 0 fully saturated rings. The average Bonchev–Trinajstić information content (AvgIpc) is 2.87. The number of ether oxygens (including phenoxy) is 1. The van der Waals surface area contributed by atoms with E-state index in [1.807, 2.05) is 12.1 Å². The van der Waals surface area contributed by atoms with E-state index in [2.05, 4.69) is 26.0 Å². The number of hydrogen-bond acceptors (Lipinski definition) is 4. The highest BCUT2D eigenvalue weighted by molar-refractivity contribution is 9.10. The first-order chi connectivity index (χ1) is 9.58. The van der Waals surface area contributed by atoms with Gasteiger partial charge in [-0.15, -0.1) is 11.3 Å². The third-order valence-corrected chi connectivity index (χ3v) is 4.38. The number of anilines is 1. The summed E-state index contributed by atoms with van der Waals surface area (Å²) in [6.45, 7) is 0.590. The first-order valence-electron chi connectivity index (χ1n) is 5.92. The predicted molar refractivity (Wildman–Crippen MR) is 81.5 cm³/mol. The van der Waals surface area contributed by atoms with E-state index < -0.39 is 0 Å². The summed E-state index contributed by atoms with van der Waals surface area (Å²) < 4.78 is 18.4. The molecule has 2 aromatic rings. The molecule has 0 bridgehead atoms. The van der Waals surface area contributed by atoms with Crippen LogP contribution in [0.2, 0.25) is 0 Å². The fourth-order valence-corrected chi connectivity index (χ4v) is 2.81. The first kappa shape index (κ1) is 15.0. The maximum atomic E-state index is 13.4. The number of hydrogen-bond donors (Lipinski definition) is 1. The van der Waals surface area contributed by atoms with Crippen molar-refractivity contribution in [3.63, 3.8) is 0 Å². The third-order valence-electron chi connectivity index (χ3n) is 2.65. The standard InChI is InChI=1S/C14H13BrFNO2S/c1-19-14(18)7-10-3-4-11(20-10)8-17-9-2-5-12(15)13(16)6-9/h2-6,17H,7-8H2,1H3. The van der Waals surface area contributed by atoms with E-state index in [0.29, 0.717) is 16.7 Å². The summed E-state index contributed by atoms with van der Waals surface area (Å²) in [6, 6.07) is 8.75. The number of esters is 1. The van der Waals surface area contributed by atoms with Gasteiger partial charge in [0.1, 0.15) is 5.82 Å². The first-order valence-corrected chi connectivity index (χ1v) is 7.53. The van der Waals surface area contributed by atoms with Crippen molar-refractivity contribution in [3.05, 3.63) is 50.4 Å². The van der Waals surface area contributed by atoms with E-state index in [1.54, 1.807) is 12.1 Å². The minimum absolute atomic E-state index is 0.249. The van der Waals surface area contributed by atoms with Crippen LogP contribution in [0.4, 0.5) is 10.1 Å². The second-order valence-electron chi connectivity index (χ2n) is 4.10. The molecule has 20 heavy (non-hydrogen) atoms. The Kier molecular flexibility index (Phi) is 5.14. The molecule has 0 aliphatic rings. The van der Waals surface area contributed by atoms with E-state index in [0.717, 1.165) is 9.75 Å². The van der Waals surface area contributed by atoms with Gasteiger partial charge in [0.2, 0.25) is 0 Å². The Hall–Kier alpha value is -1.40. The number of methoxy groups -OCH3 is 1. The van der Waals surface area contributed by atoms with E-state index >= 15 is 0 Å². The highest BCUT2D eigenvalue weighted by Crippen LogP contribution is 2.22. The highest BCUT2D eigenvalue weighted by Gasteiger charge is 2.06. The summed E-state index contributed by atoms with van der Waals surface area (Å²) in [5.41, 5.74) is 0.716. The largest absolute Gasteiger partial charge is 0.469 e. The number of benzene rings is 1. The lowest BCUT2D eigenvalue weighted by Crippen LogP contribution is -2.02. The van der Waals surface area contributed by atoms with Gasteiger partial charge in [-0.05, 0) is 46.3 Å². The summed E-state index contributed by atoms with van der Waals surface area (Å²) in [5.74, 6) is -0.547. The Balaban J connectivity index is 1.93. The maximum Gasteiger partial charge on any atom is 0.310 e. The van der Waals surface area contributed by atoms with E-state index in [1.165, 1.54) is 24.5 Å². The molecule has 0 saturated carbocycles. The van der Waals surface area contributed by atoms with Gasteiger partial charge in [0.25, 0.3) is 0 Å². The molecule has 0 spiro atoms. The van der Waals surface area contributed by atoms with Crippen molar-refractivity contribution in [1.29, 1.82) is 0 Å². The van der Waals surface area contributed by atoms with Gasteiger partial charge in [-0.3, -0.25) is 4.79 Å². The number of nitrogens with one attached hydrogen (secondary N) is 1. The SMILES string of the molecule is COC(=O)Cc1ccc(CNc2ccc(Br)c(F)c2)s1. The molecule has 0 saturated heterocycles. The molecular weight excluding hydrogens is 345 g/mol. The molecule has 1 N–H and O–H groups in total.